The summed E-state index contributed by atoms with van der Waals surface area (Å²) < 4.78 is 16.3. The quantitative estimate of drug-likeness (QED) is 0.818. The van der Waals surface area contributed by atoms with Crippen LogP contribution in [0.5, 0.6) is 11.5 Å². The van der Waals surface area contributed by atoms with Crippen molar-refractivity contribution in [2.45, 2.75) is 32.1 Å². The number of benzene rings is 1. The van der Waals surface area contributed by atoms with E-state index in [-0.39, 0.29) is 11.8 Å². The minimum atomic E-state index is 0.0814. The van der Waals surface area contributed by atoms with Gasteiger partial charge in [0, 0.05) is 19.0 Å². The molecule has 1 fully saturated rings. The molecule has 1 amide bonds. The molecule has 2 aliphatic heterocycles. The van der Waals surface area contributed by atoms with Crippen LogP contribution in [0.1, 0.15) is 36.0 Å². The molecule has 0 saturated carbocycles. The summed E-state index contributed by atoms with van der Waals surface area (Å²) in [5.74, 6) is 2.80. The molecule has 138 valence electrons. The van der Waals surface area contributed by atoms with Crippen molar-refractivity contribution in [2.75, 3.05) is 26.3 Å². The Hall–Kier alpha value is -2.28. The van der Waals surface area contributed by atoms with E-state index in [1.165, 1.54) is 0 Å². The van der Waals surface area contributed by atoms with E-state index in [0.29, 0.717) is 61.0 Å². The van der Waals surface area contributed by atoms with Crippen LogP contribution in [0.15, 0.2) is 16.7 Å². The maximum Gasteiger partial charge on any atom is 0.229 e. The Bertz CT molecular complexity index is 815. The fourth-order valence-electron chi connectivity index (χ4n) is 3.41. The number of amides is 1. The summed E-state index contributed by atoms with van der Waals surface area (Å²) in [7, 11) is 0. The monoisotopic (exact) mass is 377 g/mol. The Morgan fingerprint density at radius 3 is 2.77 bits per heavy atom. The van der Waals surface area contributed by atoms with E-state index in [0.717, 1.165) is 18.4 Å². The van der Waals surface area contributed by atoms with Crippen LogP contribution in [0, 0.1) is 6.92 Å². The molecule has 4 rings (SSSR count). The van der Waals surface area contributed by atoms with E-state index in [1.807, 2.05) is 17.9 Å². The van der Waals surface area contributed by atoms with Crippen LogP contribution in [0.2, 0.25) is 5.02 Å². The maximum absolute atomic E-state index is 12.7. The van der Waals surface area contributed by atoms with Gasteiger partial charge in [-0.3, -0.25) is 4.79 Å². The lowest BCUT2D eigenvalue weighted by atomic mass is 9.96. The van der Waals surface area contributed by atoms with Gasteiger partial charge in [-0.05, 0) is 37.5 Å². The molecule has 2 aliphatic rings. The van der Waals surface area contributed by atoms with Crippen LogP contribution < -0.4 is 9.47 Å². The Labute approximate surface area is 156 Å². The third-order valence-electron chi connectivity index (χ3n) is 4.75. The first-order chi connectivity index (χ1) is 12.6. The summed E-state index contributed by atoms with van der Waals surface area (Å²) in [6.07, 6.45) is 1.95. The lowest BCUT2D eigenvalue weighted by Gasteiger charge is -2.30. The number of ether oxygens (including phenoxy) is 2. The average molecular weight is 378 g/mol. The maximum atomic E-state index is 12.7. The number of carbonyl (C=O) groups excluding carboxylic acids is 1. The number of aromatic nitrogens is 2. The molecule has 8 heteroatoms. The van der Waals surface area contributed by atoms with Gasteiger partial charge in [0.2, 0.25) is 11.8 Å². The Morgan fingerprint density at radius 2 is 2.04 bits per heavy atom. The van der Waals surface area contributed by atoms with Crippen molar-refractivity contribution in [1.82, 2.24) is 15.0 Å². The predicted molar refractivity (Wildman–Crippen MR) is 93.7 cm³/mol. The van der Waals surface area contributed by atoms with E-state index in [2.05, 4.69) is 10.1 Å². The lowest BCUT2D eigenvalue weighted by Crippen LogP contribution is -2.38. The third-order valence-corrected chi connectivity index (χ3v) is 5.03. The van der Waals surface area contributed by atoms with E-state index >= 15 is 0 Å². The smallest absolute Gasteiger partial charge is 0.229 e. The topological polar surface area (TPSA) is 77.7 Å². The molecule has 2 aromatic rings. The van der Waals surface area contributed by atoms with Gasteiger partial charge >= 0.3 is 0 Å². The third kappa shape index (κ3) is 3.49. The molecule has 7 nitrogen and oxygen atoms in total. The first-order valence-electron chi connectivity index (χ1n) is 8.76. The SMILES string of the molecule is Cc1noc(C2CCN(C(=O)Cc3cc(Cl)c4c(c3)OCCO4)CC2)n1. The number of aryl methyl sites for hydroxylation is 1. The van der Waals surface area contributed by atoms with Crippen LogP contribution in [0.25, 0.3) is 0 Å². The van der Waals surface area contributed by atoms with Crippen LogP contribution in [0.4, 0.5) is 0 Å². The number of rotatable bonds is 3. The van der Waals surface area contributed by atoms with Gasteiger partial charge < -0.3 is 18.9 Å². The zero-order chi connectivity index (χ0) is 18.1. The molecule has 0 spiro atoms. The van der Waals surface area contributed by atoms with Crippen LogP contribution in [-0.4, -0.2) is 47.3 Å². The number of nitrogens with zero attached hydrogens (tertiary/aromatic N) is 3. The predicted octanol–water partition coefficient (Wildman–Crippen LogP) is 2.75. The molecule has 1 aromatic heterocycles. The van der Waals surface area contributed by atoms with Gasteiger partial charge in [0.1, 0.15) is 13.2 Å². The number of carbonyl (C=O) groups is 1. The molecular weight excluding hydrogens is 358 g/mol. The van der Waals surface area contributed by atoms with E-state index in [9.17, 15) is 4.79 Å². The van der Waals surface area contributed by atoms with Gasteiger partial charge in [-0.1, -0.05) is 16.8 Å². The summed E-state index contributed by atoms with van der Waals surface area (Å²) in [4.78, 5) is 18.8. The molecule has 0 radical (unpaired) electrons. The zero-order valence-electron chi connectivity index (χ0n) is 14.5. The second-order valence-corrected chi connectivity index (χ2v) is 7.02. The molecule has 26 heavy (non-hydrogen) atoms. The van der Waals surface area contributed by atoms with Crippen molar-refractivity contribution in [3.63, 3.8) is 0 Å². The zero-order valence-corrected chi connectivity index (χ0v) is 15.3. The van der Waals surface area contributed by atoms with Gasteiger partial charge in [0.05, 0.1) is 11.4 Å². The summed E-state index contributed by atoms with van der Waals surface area (Å²) in [5, 5.41) is 4.33. The fraction of sp³-hybridized carbons (Fsp3) is 0.500. The number of likely N-dealkylation sites (tertiary alicyclic amines) is 1. The first-order valence-corrected chi connectivity index (χ1v) is 9.14. The number of fused-ring (bicyclic) bond motifs is 1. The Kier molecular flexibility index (Phi) is 4.72. The second kappa shape index (κ2) is 7.15. The van der Waals surface area contributed by atoms with Gasteiger partial charge in [-0.2, -0.15) is 4.98 Å². The van der Waals surface area contributed by atoms with Crippen molar-refractivity contribution in [3.05, 3.63) is 34.4 Å². The highest BCUT2D eigenvalue weighted by molar-refractivity contribution is 6.32. The summed E-state index contributed by atoms with van der Waals surface area (Å²) in [6, 6.07) is 3.62. The van der Waals surface area contributed by atoms with Gasteiger partial charge in [0.15, 0.2) is 17.3 Å². The molecule has 0 atom stereocenters. The summed E-state index contributed by atoms with van der Waals surface area (Å²) >= 11 is 6.25. The molecule has 0 bridgehead atoms. The van der Waals surface area contributed by atoms with Crippen LogP contribution >= 0.6 is 11.6 Å². The average Bonchev–Trinajstić information content (AvgIpc) is 3.08. The number of hydrogen-bond acceptors (Lipinski definition) is 6. The summed E-state index contributed by atoms with van der Waals surface area (Å²) in [6.45, 7) is 4.15. The Balaban J connectivity index is 1.38. The van der Waals surface area contributed by atoms with Crippen LogP contribution in [-0.2, 0) is 11.2 Å². The molecule has 0 N–H and O–H groups in total. The molecule has 0 aliphatic carbocycles. The van der Waals surface area contributed by atoms with Crippen LogP contribution in [0.3, 0.4) is 0 Å². The van der Waals surface area contributed by atoms with E-state index in [1.54, 1.807) is 6.07 Å². The highest BCUT2D eigenvalue weighted by Gasteiger charge is 2.27. The number of piperidine rings is 1. The minimum absolute atomic E-state index is 0.0814. The normalized spacial score (nSPS) is 17.4. The summed E-state index contributed by atoms with van der Waals surface area (Å²) in [5.41, 5.74) is 0.832. The van der Waals surface area contributed by atoms with Gasteiger partial charge in [-0.25, -0.2) is 0 Å². The first kappa shape index (κ1) is 17.1. The minimum Gasteiger partial charge on any atom is -0.486 e. The molecule has 1 saturated heterocycles. The Morgan fingerprint density at radius 1 is 1.27 bits per heavy atom. The van der Waals surface area contributed by atoms with Gasteiger partial charge in [-0.15, -0.1) is 0 Å². The van der Waals surface area contributed by atoms with Crippen molar-refractivity contribution < 1.29 is 18.8 Å². The fourth-order valence-corrected chi connectivity index (χ4v) is 3.70. The lowest BCUT2D eigenvalue weighted by molar-refractivity contribution is -0.131. The molecular formula is C18H20ClN3O4. The largest absolute Gasteiger partial charge is 0.486 e. The highest BCUT2D eigenvalue weighted by Crippen LogP contribution is 2.38. The van der Waals surface area contributed by atoms with Crippen molar-refractivity contribution in [2.24, 2.45) is 0 Å². The number of hydrogen-bond donors (Lipinski definition) is 0. The molecule has 3 heterocycles. The molecule has 0 unspecified atom stereocenters. The van der Waals surface area contributed by atoms with E-state index < -0.39 is 0 Å². The highest BCUT2D eigenvalue weighted by atomic mass is 35.5. The van der Waals surface area contributed by atoms with Crippen molar-refractivity contribution >= 4 is 17.5 Å². The van der Waals surface area contributed by atoms with E-state index in [4.69, 9.17) is 25.6 Å². The molecule has 1 aromatic carbocycles. The standard InChI is InChI=1S/C18H20ClN3O4/c1-11-20-18(26-21-11)13-2-4-22(5-3-13)16(23)10-12-8-14(19)17-15(9-12)24-6-7-25-17/h8-9,13H,2-7,10H2,1H3. The van der Waals surface area contributed by atoms with Crippen molar-refractivity contribution in [1.29, 1.82) is 0 Å². The number of halogens is 1. The van der Waals surface area contributed by atoms with Gasteiger partial charge in [0.25, 0.3) is 0 Å². The second-order valence-electron chi connectivity index (χ2n) is 6.61. The van der Waals surface area contributed by atoms with Crippen molar-refractivity contribution in [3.8, 4) is 11.5 Å².